The van der Waals surface area contributed by atoms with Crippen LogP contribution in [0.2, 0.25) is 10.0 Å². The first kappa shape index (κ1) is 25.2. The van der Waals surface area contributed by atoms with E-state index in [1.54, 1.807) is 31.2 Å². The van der Waals surface area contributed by atoms with Crippen molar-refractivity contribution in [3.05, 3.63) is 58.1 Å². The van der Waals surface area contributed by atoms with Crippen molar-refractivity contribution < 1.29 is 14.3 Å². The van der Waals surface area contributed by atoms with Crippen molar-refractivity contribution in [3.63, 3.8) is 0 Å². The number of halogens is 2. The molecule has 3 heterocycles. The van der Waals surface area contributed by atoms with Crippen LogP contribution in [0.3, 0.4) is 0 Å². The van der Waals surface area contributed by atoms with Gasteiger partial charge in [0.2, 0.25) is 0 Å². The van der Waals surface area contributed by atoms with Gasteiger partial charge in [0.1, 0.15) is 18.0 Å². The number of aromatic amines is 1. The number of ether oxygens (including phenoxy) is 1. The number of nitrogens with zero attached hydrogens (tertiary/aromatic N) is 4. The molecule has 1 atom stereocenters. The van der Waals surface area contributed by atoms with Crippen LogP contribution in [0.25, 0.3) is 21.9 Å². The highest BCUT2D eigenvalue weighted by molar-refractivity contribution is 6.35. The summed E-state index contributed by atoms with van der Waals surface area (Å²) >= 11 is 12.7. The van der Waals surface area contributed by atoms with E-state index in [2.05, 4.69) is 20.3 Å². The van der Waals surface area contributed by atoms with Crippen molar-refractivity contribution in [2.45, 2.75) is 38.6 Å². The molecule has 1 fully saturated rings. The SMILES string of the molecule is CCOC(=O)CC[C@H](Nc1ncnc2cc(C(=O)N3CCCC3)c(Cl)cc12)c1nc2cc(Cl)ccc2[nH]1. The zero-order chi connectivity index (χ0) is 25.9. The summed E-state index contributed by atoms with van der Waals surface area (Å²) in [6.07, 6.45) is 4.00. The molecule has 1 aliphatic heterocycles. The fraction of sp³-hybridized carbons (Fsp3) is 0.346. The highest BCUT2D eigenvalue weighted by Gasteiger charge is 2.24. The highest BCUT2D eigenvalue weighted by atomic mass is 35.5. The van der Waals surface area contributed by atoms with Crippen LogP contribution in [0.1, 0.15) is 54.8 Å². The van der Waals surface area contributed by atoms with Crippen LogP contribution in [0.15, 0.2) is 36.7 Å². The molecule has 2 N–H and O–H groups in total. The summed E-state index contributed by atoms with van der Waals surface area (Å²) in [7, 11) is 0. The largest absolute Gasteiger partial charge is 0.466 e. The topological polar surface area (TPSA) is 113 Å². The van der Waals surface area contributed by atoms with E-state index in [0.29, 0.717) is 56.7 Å². The van der Waals surface area contributed by atoms with Crippen molar-refractivity contribution in [2.24, 2.45) is 0 Å². The van der Waals surface area contributed by atoms with E-state index in [1.165, 1.54) is 6.33 Å². The number of nitrogens with one attached hydrogen (secondary N) is 2. The minimum atomic E-state index is -0.404. The normalized spacial score (nSPS) is 14.3. The Morgan fingerprint density at radius 2 is 1.95 bits per heavy atom. The zero-order valence-electron chi connectivity index (χ0n) is 20.3. The summed E-state index contributed by atoms with van der Waals surface area (Å²) in [6, 6.07) is 8.44. The van der Waals surface area contributed by atoms with E-state index in [1.807, 2.05) is 11.0 Å². The first-order valence-electron chi connectivity index (χ1n) is 12.2. The molecule has 9 nitrogen and oxygen atoms in total. The second-order valence-corrected chi connectivity index (χ2v) is 9.74. The van der Waals surface area contributed by atoms with Crippen molar-refractivity contribution in [1.82, 2.24) is 24.8 Å². The summed E-state index contributed by atoms with van der Waals surface area (Å²) in [6.45, 7) is 3.55. The molecule has 4 aromatic rings. The molecule has 5 rings (SSSR count). The van der Waals surface area contributed by atoms with Crippen LogP contribution >= 0.6 is 23.2 Å². The zero-order valence-corrected chi connectivity index (χ0v) is 21.8. The number of aromatic nitrogens is 4. The molecule has 1 aliphatic rings. The van der Waals surface area contributed by atoms with Gasteiger partial charge in [-0.25, -0.2) is 15.0 Å². The fourth-order valence-electron chi connectivity index (χ4n) is 4.55. The minimum Gasteiger partial charge on any atom is -0.466 e. The number of anilines is 1. The van der Waals surface area contributed by atoms with Gasteiger partial charge in [0.05, 0.1) is 39.8 Å². The monoisotopic (exact) mass is 540 g/mol. The molecule has 0 saturated carbocycles. The number of H-pyrrole nitrogens is 1. The minimum absolute atomic E-state index is 0.0919. The van der Waals surface area contributed by atoms with Crippen LogP contribution < -0.4 is 5.32 Å². The highest BCUT2D eigenvalue weighted by Crippen LogP contribution is 2.32. The molecular weight excluding hydrogens is 515 g/mol. The maximum Gasteiger partial charge on any atom is 0.305 e. The van der Waals surface area contributed by atoms with Gasteiger partial charge >= 0.3 is 5.97 Å². The second kappa shape index (κ2) is 10.9. The van der Waals surface area contributed by atoms with Gasteiger partial charge in [-0.3, -0.25) is 9.59 Å². The Bertz CT molecular complexity index is 1470. The summed E-state index contributed by atoms with van der Waals surface area (Å²) in [5, 5.41) is 4.98. The fourth-order valence-corrected chi connectivity index (χ4v) is 4.96. The Hall–Kier alpha value is -3.43. The number of amides is 1. The Morgan fingerprint density at radius 1 is 1.14 bits per heavy atom. The van der Waals surface area contributed by atoms with Crippen LogP contribution in [0.4, 0.5) is 5.82 Å². The molecule has 0 spiro atoms. The summed E-state index contributed by atoms with van der Waals surface area (Å²) in [5.74, 6) is 0.750. The molecule has 11 heteroatoms. The molecule has 2 aromatic carbocycles. The smallest absolute Gasteiger partial charge is 0.305 e. The van der Waals surface area contributed by atoms with Gasteiger partial charge in [0.15, 0.2) is 0 Å². The lowest BCUT2D eigenvalue weighted by Crippen LogP contribution is -2.27. The van der Waals surface area contributed by atoms with Crippen LogP contribution in [0, 0.1) is 0 Å². The maximum atomic E-state index is 13.0. The summed E-state index contributed by atoms with van der Waals surface area (Å²) in [4.78, 5) is 43.8. The van der Waals surface area contributed by atoms with Crippen molar-refractivity contribution >= 4 is 62.8 Å². The molecular formula is C26H26Cl2N6O3. The standard InChI is InChI=1S/C26H26Cl2N6O3/c1-2-37-23(35)8-7-20(25-31-19-6-5-15(27)11-22(19)33-25)32-24-17-12-18(28)16(13-21(17)29-14-30-24)26(36)34-9-3-4-10-34/h5-6,11-14,20H,2-4,7-10H2,1H3,(H,31,33)(H,29,30,32)/t20-/m0/s1. The van der Waals surface area contributed by atoms with E-state index in [-0.39, 0.29) is 18.3 Å². The second-order valence-electron chi connectivity index (χ2n) is 8.89. The Morgan fingerprint density at radius 3 is 2.73 bits per heavy atom. The lowest BCUT2D eigenvalue weighted by Gasteiger charge is -2.19. The maximum absolute atomic E-state index is 13.0. The van der Waals surface area contributed by atoms with Crippen LogP contribution in [-0.2, 0) is 9.53 Å². The number of hydrogen-bond acceptors (Lipinski definition) is 7. The molecule has 0 unspecified atom stereocenters. The number of hydrogen-bond donors (Lipinski definition) is 2. The third-order valence-electron chi connectivity index (χ3n) is 6.39. The lowest BCUT2D eigenvalue weighted by molar-refractivity contribution is -0.143. The number of likely N-dealkylation sites (tertiary alicyclic amines) is 1. The number of esters is 1. The van der Waals surface area contributed by atoms with Gasteiger partial charge in [-0.15, -0.1) is 0 Å². The van der Waals surface area contributed by atoms with Gasteiger partial charge < -0.3 is 19.9 Å². The average molecular weight is 541 g/mol. The average Bonchev–Trinajstić information content (AvgIpc) is 3.56. The molecule has 0 radical (unpaired) electrons. The summed E-state index contributed by atoms with van der Waals surface area (Å²) in [5.41, 5.74) is 2.55. The van der Waals surface area contributed by atoms with E-state index in [9.17, 15) is 9.59 Å². The lowest BCUT2D eigenvalue weighted by atomic mass is 10.1. The quantitative estimate of drug-likeness (QED) is 0.282. The first-order valence-corrected chi connectivity index (χ1v) is 13.0. The van der Waals surface area contributed by atoms with Gasteiger partial charge in [-0.1, -0.05) is 23.2 Å². The van der Waals surface area contributed by atoms with Gasteiger partial charge in [-0.2, -0.15) is 0 Å². The Labute approximate surface area is 223 Å². The molecule has 0 bridgehead atoms. The molecule has 1 amide bonds. The van der Waals surface area contributed by atoms with Gasteiger partial charge in [0.25, 0.3) is 5.91 Å². The van der Waals surface area contributed by atoms with Gasteiger partial charge in [-0.05, 0) is 56.5 Å². The van der Waals surface area contributed by atoms with E-state index < -0.39 is 6.04 Å². The third kappa shape index (κ3) is 5.47. The number of rotatable bonds is 8. The summed E-state index contributed by atoms with van der Waals surface area (Å²) < 4.78 is 5.12. The van der Waals surface area contributed by atoms with E-state index in [0.717, 1.165) is 31.4 Å². The van der Waals surface area contributed by atoms with E-state index in [4.69, 9.17) is 32.9 Å². The Kier molecular flexibility index (Phi) is 7.43. The molecule has 37 heavy (non-hydrogen) atoms. The predicted octanol–water partition coefficient (Wildman–Crippen LogP) is 5.55. The predicted molar refractivity (Wildman–Crippen MR) is 143 cm³/mol. The van der Waals surface area contributed by atoms with Crippen molar-refractivity contribution in [2.75, 3.05) is 25.0 Å². The molecule has 192 valence electrons. The number of carbonyl (C=O) groups excluding carboxylic acids is 2. The van der Waals surface area contributed by atoms with Crippen LogP contribution in [0.5, 0.6) is 0 Å². The first-order chi connectivity index (χ1) is 17.9. The molecule has 0 aliphatic carbocycles. The van der Waals surface area contributed by atoms with Crippen LogP contribution in [-0.4, -0.2) is 56.4 Å². The van der Waals surface area contributed by atoms with Crippen molar-refractivity contribution in [1.29, 1.82) is 0 Å². The third-order valence-corrected chi connectivity index (χ3v) is 6.94. The van der Waals surface area contributed by atoms with Crippen molar-refractivity contribution in [3.8, 4) is 0 Å². The van der Waals surface area contributed by atoms with Gasteiger partial charge in [0, 0.05) is 29.9 Å². The molecule has 1 saturated heterocycles. The number of imidazole rings is 1. The number of benzene rings is 2. The number of carbonyl (C=O) groups is 2. The Balaban J connectivity index is 1.48. The number of fused-ring (bicyclic) bond motifs is 2. The molecule has 2 aromatic heterocycles. The van der Waals surface area contributed by atoms with E-state index >= 15 is 0 Å².